The Kier molecular flexibility index (Phi) is 58.5. The first-order valence-corrected chi connectivity index (χ1v) is 50.8. The summed E-state index contributed by atoms with van der Waals surface area (Å²) in [5, 5.41) is 31.5. The number of H-pyrrole nitrogens is 4. The SMILES string of the molecule is C.C.CCN(CC1CCCN(Cc2ccc(C(=O)NS(C)(=O)=O)cc2)C1)C(=O)c1cc2ccccc2[nH]1.CCN(CC1CCCN(Cc2ccc(C(=O)O)cc2)C1)C(=O)c1cc2ccccc2[nH]1.CCN(CC1CCCN(Cc2ccc(C(=O)OC)cc2)C1)C(=O)c1cc2ccccc2[nH]1.CCN(CC1CCCNC1)C(=O)c1cc2ccccc2[nH]1.CO.COC(=O)c1ccc(CBr)cc1.CS.N.N[N-]O.O.O.[Na+]. The summed E-state index contributed by atoms with van der Waals surface area (Å²) in [6.07, 6.45) is 11.7. The number of benzene rings is 8. The molecular weight excluding hydrogens is 1950 g/mol. The van der Waals surface area contributed by atoms with Gasteiger partial charge in [0.1, 0.15) is 22.8 Å². The van der Waals surface area contributed by atoms with Crippen molar-refractivity contribution in [3.63, 3.8) is 0 Å². The van der Waals surface area contributed by atoms with E-state index >= 15 is 0 Å². The zero-order valence-electron chi connectivity index (χ0n) is 83.2. The van der Waals surface area contributed by atoms with Crippen molar-refractivity contribution in [3.8, 4) is 0 Å². The maximum Gasteiger partial charge on any atom is 1.00 e. The van der Waals surface area contributed by atoms with E-state index in [1.54, 1.807) is 42.7 Å². The van der Waals surface area contributed by atoms with Crippen LogP contribution in [0.15, 0.2) is 218 Å². The molecule has 4 fully saturated rings. The molecule has 12 aromatic rings. The van der Waals surface area contributed by atoms with Gasteiger partial charge in [-0.25, -0.2) is 27.5 Å². The minimum absolute atomic E-state index is 0. The van der Waals surface area contributed by atoms with E-state index in [9.17, 15) is 46.8 Å². The molecule has 0 aliphatic carbocycles. The zero-order valence-corrected chi connectivity index (χ0v) is 88.5. The molecule has 8 heterocycles. The topological polar surface area (TPSA) is 498 Å². The van der Waals surface area contributed by atoms with Crippen LogP contribution in [0.1, 0.15) is 200 Å². The number of carbonyl (C=O) groups excluding carboxylic acids is 7. The van der Waals surface area contributed by atoms with E-state index in [4.69, 9.17) is 20.2 Å². The molecular formula is C107H150BrN16NaO17S2. The number of alkyl halides is 1. The number of ether oxygens (including phenoxy) is 2. The van der Waals surface area contributed by atoms with E-state index in [0.29, 0.717) is 94.9 Å². The first kappa shape index (κ1) is 127. The van der Waals surface area contributed by atoms with E-state index in [-0.39, 0.29) is 97.1 Å². The van der Waals surface area contributed by atoms with Crippen LogP contribution in [0.4, 0.5) is 0 Å². The summed E-state index contributed by atoms with van der Waals surface area (Å²) in [5.41, 5.74) is 14.9. The fourth-order valence-electron chi connectivity index (χ4n) is 17.7. The van der Waals surface area contributed by atoms with E-state index in [0.717, 1.165) is 216 Å². The van der Waals surface area contributed by atoms with Crippen LogP contribution in [0.3, 0.4) is 0 Å². The second kappa shape index (κ2) is 66.2. The minimum Gasteiger partial charge on any atom is -0.488 e. The Morgan fingerprint density at radius 3 is 0.965 bits per heavy atom. The molecule has 4 saturated heterocycles. The Bertz CT molecular complexity index is 5840. The number of carboxylic acids is 1. The predicted molar refractivity (Wildman–Crippen MR) is 578 cm³/mol. The number of para-hydroxylation sites is 4. The number of rotatable bonds is 28. The number of nitrogens with one attached hydrogen (secondary N) is 6. The number of halogens is 1. The number of fused-ring (bicyclic) bond motifs is 4. The standard InChI is InChI=1S/C26H32N4O4S.C26H31N3O3.C25H29N3O3.C17H23N3O.C9H9BrO2.CH4O.CH4S.2CH4.H3N2O.H3N.Na.2H2O/c1-3-30(26(32)24-15-22-8-4-5-9-23(22)27-24)18-20-7-6-14-29(17-20)16-19-10-12-21(13-11-19)25(31)28-35(2,33)34;1-3-29(25(30)24-15-22-8-4-5-9-23(22)27-24)18-20-7-6-14-28(17-20)16-19-10-12-21(13-11-19)26(31)32-2;1-2-28(24(29)23-14-21-7-3-4-8-22(21)26-23)17-19-6-5-13-27(16-19)15-18-9-11-20(12-10-18)25(30)31;1-2-20(12-13-6-5-9-18-11-13)17(21)16-10-14-7-3-4-8-15(14)19-16;1-12-9(11)8-4-2-7(6-10)3-5-8;2*1-2;;;1-2-3;;;;/h4-5,8-13,15,20,27H,3,6-7,14,16-18H2,1-2H3,(H,28,31);4-5,8-13,15,20,27H,3,6-7,14,16-18H2,1-2H3;3-4,7-12,14,19,26H,2,5-6,13,15-17H2,1H3,(H,30,31);3-4,7-8,10,13,18-19H,2,5-6,9,11-12H2,1H3;2-5H,6H2,1H3;2*2H,1H3;2*1H4;3H,1H2;1H3;;2*1H2/q;;;;;;;;;-1;;+1;;. The molecule has 780 valence electrons. The minimum atomic E-state index is -3.59. The number of hydrogen-bond acceptors (Lipinski definition) is 21. The molecule has 0 spiro atoms. The van der Waals surface area contributed by atoms with Gasteiger partial charge in [0.15, 0.2) is 0 Å². The summed E-state index contributed by atoms with van der Waals surface area (Å²) >= 11 is 6.85. The number of sulfonamides is 1. The number of thiol groups is 1. The Labute approximate surface area is 883 Å². The fraction of sp³-hybridized carbons (Fsp3) is 0.402. The third kappa shape index (κ3) is 39.1. The monoisotopic (exact) mass is 2100 g/mol. The zero-order chi connectivity index (χ0) is 99.6. The molecule has 144 heavy (non-hydrogen) atoms. The van der Waals surface area contributed by atoms with Crippen molar-refractivity contribution >= 4 is 130 Å². The number of amides is 5. The van der Waals surface area contributed by atoms with Crippen molar-refractivity contribution in [2.45, 2.75) is 119 Å². The number of carboxylic acid groups (broad SMARTS) is 1. The van der Waals surface area contributed by atoms with Crippen LogP contribution < -0.4 is 51.6 Å². The normalized spacial score (nSPS) is 15.2. The van der Waals surface area contributed by atoms with Gasteiger partial charge in [0, 0.05) is 153 Å². The van der Waals surface area contributed by atoms with Crippen molar-refractivity contribution in [1.29, 1.82) is 0 Å². The van der Waals surface area contributed by atoms with Gasteiger partial charge in [0.2, 0.25) is 10.0 Å². The van der Waals surface area contributed by atoms with Crippen molar-refractivity contribution in [1.82, 2.24) is 70.4 Å². The van der Waals surface area contributed by atoms with Crippen LogP contribution in [0.2, 0.25) is 0 Å². The van der Waals surface area contributed by atoms with Gasteiger partial charge in [-0.3, -0.25) is 38.7 Å². The van der Waals surface area contributed by atoms with E-state index in [1.807, 2.05) is 233 Å². The third-order valence-electron chi connectivity index (χ3n) is 24.7. The second-order valence-electron chi connectivity index (χ2n) is 34.4. The molecule has 0 saturated carbocycles. The fourth-order valence-corrected chi connectivity index (χ4v) is 18.6. The van der Waals surface area contributed by atoms with Crippen molar-refractivity contribution < 1.29 is 112 Å². The molecule has 37 heteroatoms. The summed E-state index contributed by atoms with van der Waals surface area (Å²) in [7, 11) is 0.180. The smallest absolute Gasteiger partial charge is 0.488 e. The van der Waals surface area contributed by atoms with Gasteiger partial charge < -0.3 is 98.3 Å². The van der Waals surface area contributed by atoms with Gasteiger partial charge in [-0.1, -0.05) is 152 Å². The first-order chi connectivity index (χ1) is 66.8. The number of aromatic amines is 4. The molecule has 4 unspecified atom stereocenters. The largest absolute Gasteiger partial charge is 1.00 e. The number of piperidine rings is 4. The number of aliphatic hydroxyl groups excluding tert-OH is 1. The number of likely N-dealkylation sites (tertiary alicyclic amines) is 3. The van der Waals surface area contributed by atoms with Crippen molar-refractivity contribution in [2.24, 2.45) is 29.5 Å². The van der Waals surface area contributed by atoms with Gasteiger partial charge in [0.25, 0.3) is 29.5 Å². The number of carbonyl (C=O) groups is 8. The molecule has 4 aliphatic heterocycles. The number of aliphatic hydroxyl groups is 1. The predicted octanol–water partition coefficient (Wildman–Crippen LogP) is 13.4. The molecule has 4 aliphatic rings. The molecule has 4 aromatic heterocycles. The summed E-state index contributed by atoms with van der Waals surface area (Å²) in [6, 6.07) is 68.7. The van der Waals surface area contributed by atoms with E-state index in [2.05, 4.69) is 86.0 Å². The number of methoxy groups -OCH3 is 2. The number of nitrogens with two attached hydrogens (primary N) is 1. The number of aromatic nitrogens is 4. The van der Waals surface area contributed by atoms with Gasteiger partial charge in [-0.15, -0.1) is 0 Å². The van der Waals surface area contributed by atoms with Crippen LogP contribution in [0.25, 0.3) is 49.2 Å². The van der Waals surface area contributed by atoms with Gasteiger partial charge in [-0.2, -0.15) is 12.6 Å². The summed E-state index contributed by atoms with van der Waals surface area (Å²) in [5.74, 6) is 4.00. The van der Waals surface area contributed by atoms with Crippen LogP contribution in [0, 0.1) is 23.7 Å². The Morgan fingerprint density at radius 2 is 0.715 bits per heavy atom. The van der Waals surface area contributed by atoms with Crippen LogP contribution in [-0.4, -0.2) is 275 Å². The van der Waals surface area contributed by atoms with Gasteiger partial charge in [0.05, 0.1) is 37.2 Å². The van der Waals surface area contributed by atoms with Crippen LogP contribution in [0.5, 0.6) is 0 Å². The van der Waals surface area contributed by atoms with E-state index < -0.39 is 21.9 Å². The summed E-state index contributed by atoms with van der Waals surface area (Å²) < 4.78 is 33.9. The number of nitrogens with zero attached hydrogens (tertiary/aromatic N) is 8. The molecule has 4 atom stereocenters. The van der Waals surface area contributed by atoms with Crippen molar-refractivity contribution in [2.75, 3.05) is 139 Å². The number of aromatic carboxylic acids is 1. The summed E-state index contributed by atoms with van der Waals surface area (Å²) in [4.78, 5) is 126. The van der Waals surface area contributed by atoms with Crippen LogP contribution in [-0.2, 0) is 44.5 Å². The number of esters is 2. The molecule has 8 aromatic carbocycles. The third-order valence-corrected chi connectivity index (χ3v) is 25.9. The summed E-state index contributed by atoms with van der Waals surface area (Å²) in [6.45, 7) is 24.4. The van der Waals surface area contributed by atoms with Gasteiger partial charge >= 0.3 is 47.5 Å². The molecule has 16 rings (SSSR count). The maximum atomic E-state index is 13.2. The first-order valence-electron chi connectivity index (χ1n) is 46.9. The molecule has 18 N–H and O–H groups in total. The Morgan fingerprint density at radius 1 is 0.451 bits per heavy atom. The molecule has 33 nitrogen and oxygen atoms in total. The van der Waals surface area contributed by atoms with Crippen LogP contribution >= 0.6 is 28.6 Å². The Hall–Kier alpha value is -11.0. The maximum absolute atomic E-state index is 13.2. The molecule has 0 bridgehead atoms. The number of hydrogen-bond donors (Lipinski definition) is 12. The van der Waals surface area contributed by atoms with Crippen molar-refractivity contribution in [3.05, 3.63) is 291 Å². The van der Waals surface area contributed by atoms with E-state index in [1.165, 1.54) is 32.6 Å². The quantitative estimate of drug-likeness (QED) is 0.00541. The average molecular weight is 2100 g/mol. The second-order valence-corrected chi connectivity index (χ2v) is 36.7. The Balaban J connectivity index is 0.000000463. The molecule has 5 amide bonds. The average Bonchev–Trinajstić information content (AvgIpc) is 1.66. The molecule has 0 radical (unpaired) electrons. The van der Waals surface area contributed by atoms with Gasteiger partial charge in [-0.05, 0) is 261 Å².